The van der Waals surface area contributed by atoms with Crippen molar-refractivity contribution in [2.24, 2.45) is 11.8 Å². The van der Waals surface area contributed by atoms with E-state index in [1.54, 1.807) is 17.9 Å². The predicted molar refractivity (Wildman–Crippen MR) is 67.3 cm³/mol. The Hall–Kier alpha value is -1.52. The van der Waals surface area contributed by atoms with Crippen LogP contribution in [0.3, 0.4) is 0 Å². The summed E-state index contributed by atoms with van der Waals surface area (Å²) in [6.45, 7) is 6.74. The molecule has 1 saturated heterocycles. The van der Waals surface area contributed by atoms with Gasteiger partial charge in [-0.3, -0.25) is 4.79 Å². The maximum Gasteiger partial charge on any atom is 0.410 e. The summed E-state index contributed by atoms with van der Waals surface area (Å²) in [6.07, 6.45) is 3.62. The largest absolute Gasteiger partial charge is 0.481 e. The zero-order valence-electron chi connectivity index (χ0n) is 10.8. The molecule has 1 heterocycles. The topological polar surface area (TPSA) is 66.8 Å². The van der Waals surface area contributed by atoms with Gasteiger partial charge < -0.3 is 14.7 Å². The minimum Gasteiger partial charge on any atom is -0.481 e. The highest BCUT2D eigenvalue weighted by atomic mass is 16.6. The van der Waals surface area contributed by atoms with E-state index in [9.17, 15) is 9.59 Å². The summed E-state index contributed by atoms with van der Waals surface area (Å²) in [5.74, 6) is -0.670. The van der Waals surface area contributed by atoms with Crippen LogP contribution in [0.4, 0.5) is 4.79 Å². The lowest BCUT2D eigenvalue weighted by Gasteiger charge is -2.31. The number of piperidine rings is 1. The van der Waals surface area contributed by atoms with Crippen molar-refractivity contribution < 1.29 is 19.4 Å². The van der Waals surface area contributed by atoms with E-state index in [0.29, 0.717) is 25.4 Å². The molecule has 18 heavy (non-hydrogen) atoms. The van der Waals surface area contributed by atoms with E-state index in [1.165, 1.54) is 0 Å². The average Bonchev–Trinajstić information content (AvgIpc) is 2.36. The fourth-order valence-corrected chi connectivity index (χ4v) is 2.17. The number of carbonyl (C=O) groups excluding carboxylic acids is 1. The maximum atomic E-state index is 11.6. The third kappa shape index (κ3) is 4.39. The summed E-state index contributed by atoms with van der Waals surface area (Å²) < 4.78 is 4.96. The Kier molecular flexibility index (Phi) is 5.68. The number of carboxylic acids is 1. The number of amides is 1. The normalized spacial score (nSPS) is 18.2. The summed E-state index contributed by atoms with van der Waals surface area (Å²) >= 11 is 0. The molecule has 0 aromatic rings. The third-order valence-corrected chi connectivity index (χ3v) is 3.31. The average molecular weight is 255 g/mol. The van der Waals surface area contributed by atoms with Gasteiger partial charge in [-0.2, -0.15) is 0 Å². The smallest absolute Gasteiger partial charge is 0.410 e. The number of hydrogen-bond donors (Lipinski definition) is 1. The first-order chi connectivity index (χ1) is 8.54. The first kappa shape index (κ1) is 14.5. The molecule has 0 saturated carbocycles. The molecule has 1 rings (SSSR count). The molecule has 1 unspecified atom stereocenters. The Morgan fingerprint density at radius 1 is 1.50 bits per heavy atom. The Morgan fingerprint density at radius 3 is 2.61 bits per heavy atom. The number of hydrogen-bond acceptors (Lipinski definition) is 3. The van der Waals surface area contributed by atoms with Crippen LogP contribution >= 0.6 is 0 Å². The Bertz CT molecular complexity index is 308. The van der Waals surface area contributed by atoms with Crippen molar-refractivity contribution in [2.45, 2.75) is 26.2 Å². The molecule has 0 spiro atoms. The number of aliphatic carboxylic acids is 1. The van der Waals surface area contributed by atoms with Crippen molar-refractivity contribution in [1.29, 1.82) is 0 Å². The van der Waals surface area contributed by atoms with E-state index < -0.39 is 5.97 Å². The number of carbonyl (C=O) groups is 2. The quantitative estimate of drug-likeness (QED) is 0.764. The molecule has 102 valence electrons. The number of likely N-dealkylation sites (tertiary alicyclic amines) is 1. The zero-order chi connectivity index (χ0) is 13.5. The molecule has 0 bridgehead atoms. The second kappa shape index (κ2) is 7.03. The van der Waals surface area contributed by atoms with Gasteiger partial charge in [0, 0.05) is 13.1 Å². The first-order valence-electron chi connectivity index (χ1n) is 6.30. The van der Waals surface area contributed by atoms with E-state index in [2.05, 4.69) is 6.58 Å². The van der Waals surface area contributed by atoms with Crippen molar-refractivity contribution in [3.8, 4) is 0 Å². The van der Waals surface area contributed by atoms with Crippen LogP contribution in [0.25, 0.3) is 0 Å². The van der Waals surface area contributed by atoms with Gasteiger partial charge in [0.25, 0.3) is 0 Å². The van der Waals surface area contributed by atoms with Crippen molar-refractivity contribution in [3.05, 3.63) is 12.7 Å². The van der Waals surface area contributed by atoms with Crippen LogP contribution in [0.15, 0.2) is 12.7 Å². The number of nitrogens with zero attached hydrogens (tertiary/aromatic N) is 1. The van der Waals surface area contributed by atoms with Crippen molar-refractivity contribution in [2.75, 3.05) is 19.7 Å². The van der Waals surface area contributed by atoms with Crippen molar-refractivity contribution in [1.82, 2.24) is 4.90 Å². The lowest BCUT2D eigenvalue weighted by Crippen LogP contribution is -2.39. The molecule has 1 N–H and O–H groups in total. The van der Waals surface area contributed by atoms with Gasteiger partial charge in [-0.05, 0) is 25.2 Å². The molecule has 1 fully saturated rings. The zero-order valence-corrected chi connectivity index (χ0v) is 10.8. The summed E-state index contributed by atoms with van der Waals surface area (Å²) in [5.41, 5.74) is 0. The van der Waals surface area contributed by atoms with Crippen LogP contribution in [-0.2, 0) is 9.53 Å². The molecule has 5 heteroatoms. The summed E-state index contributed by atoms with van der Waals surface area (Å²) in [7, 11) is 0. The predicted octanol–water partition coefficient (Wildman–Crippen LogP) is 2.13. The van der Waals surface area contributed by atoms with Gasteiger partial charge >= 0.3 is 12.1 Å². The van der Waals surface area contributed by atoms with Gasteiger partial charge in [0.2, 0.25) is 0 Å². The van der Waals surface area contributed by atoms with Crippen LogP contribution in [0, 0.1) is 11.8 Å². The number of carboxylic acid groups (broad SMARTS) is 1. The lowest BCUT2D eigenvalue weighted by molar-refractivity contribution is -0.141. The number of rotatable bonds is 5. The van der Waals surface area contributed by atoms with Gasteiger partial charge in [0.15, 0.2) is 0 Å². The van der Waals surface area contributed by atoms with Gasteiger partial charge in [-0.1, -0.05) is 19.6 Å². The van der Waals surface area contributed by atoms with E-state index in [0.717, 1.165) is 12.8 Å². The van der Waals surface area contributed by atoms with Gasteiger partial charge in [-0.25, -0.2) is 4.79 Å². The molecule has 1 atom stereocenters. The molecule has 1 aliphatic rings. The molecule has 0 aromatic carbocycles. The van der Waals surface area contributed by atoms with Gasteiger partial charge in [-0.15, -0.1) is 0 Å². The molecule has 1 aliphatic heterocycles. The minimum absolute atomic E-state index is 0.231. The van der Waals surface area contributed by atoms with Crippen LogP contribution in [-0.4, -0.2) is 41.8 Å². The second-order valence-corrected chi connectivity index (χ2v) is 4.77. The van der Waals surface area contributed by atoms with Crippen molar-refractivity contribution in [3.63, 3.8) is 0 Å². The standard InChI is InChI=1S/C13H21NO4/c1-3-8-18-13(17)14-6-4-11(5-7-14)9-10(2)12(15)16/h3,10-11H,1,4-9H2,2H3,(H,15,16). The van der Waals surface area contributed by atoms with E-state index in [4.69, 9.17) is 9.84 Å². The first-order valence-corrected chi connectivity index (χ1v) is 6.30. The van der Waals surface area contributed by atoms with Gasteiger partial charge in [0.1, 0.15) is 6.61 Å². The molecular weight excluding hydrogens is 234 g/mol. The summed E-state index contributed by atoms with van der Waals surface area (Å²) in [6, 6.07) is 0. The summed E-state index contributed by atoms with van der Waals surface area (Å²) in [5, 5.41) is 8.86. The van der Waals surface area contributed by atoms with Crippen LogP contribution in [0.2, 0.25) is 0 Å². The van der Waals surface area contributed by atoms with E-state index in [-0.39, 0.29) is 18.6 Å². The Balaban J connectivity index is 2.30. The maximum absolute atomic E-state index is 11.6. The molecule has 0 aromatic heterocycles. The molecular formula is C13H21NO4. The van der Waals surface area contributed by atoms with E-state index in [1.807, 2.05) is 0 Å². The molecule has 0 aliphatic carbocycles. The Morgan fingerprint density at radius 2 is 2.11 bits per heavy atom. The van der Waals surface area contributed by atoms with Crippen molar-refractivity contribution >= 4 is 12.1 Å². The third-order valence-electron chi connectivity index (χ3n) is 3.31. The summed E-state index contributed by atoms with van der Waals surface area (Å²) in [4.78, 5) is 24.0. The highest BCUT2D eigenvalue weighted by Crippen LogP contribution is 2.24. The SMILES string of the molecule is C=CCOC(=O)N1CCC(CC(C)C(=O)O)CC1. The fraction of sp³-hybridized carbons (Fsp3) is 0.692. The van der Waals surface area contributed by atoms with Crippen LogP contribution in [0.5, 0.6) is 0 Å². The van der Waals surface area contributed by atoms with Crippen LogP contribution < -0.4 is 0 Å². The number of ether oxygens (including phenoxy) is 1. The molecule has 1 amide bonds. The van der Waals surface area contributed by atoms with Crippen LogP contribution in [0.1, 0.15) is 26.2 Å². The molecule has 0 radical (unpaired) electrons. The second-order valence-electron chi connectivity index (χ2n) is 4.77. The lowest BCUT2D eigenvalue weighted by atomic mass is 9.88. The van der Waals surface area contributed by atoms with Gasteiger partial charge in [0.05, 0.1) is 5.92 Å². The Labute approximate surface area is 107 Å². The fourth-order valence-electron chi connectivity index (χ4n) is 2.17. The highest BCUT2D eigenvalue weighted by molar-refractivity contribution is 5.69. The minimum atomic E-state index is -0.747. The molecule has 5 nitrogen and oxygen atoms in total. The van der Waals surface area contributed by atoms with E-state index >= 15 is 0 Å². The highest BCUT2D eigenvalue weighted by Gasteiger charge is 2.26. The monoisotopic (exact) mass is 255 g/mol.